The van der Waals surface area contributed by atoms with Gasteiger partial charge in [0.15, 0.2) is 0 Å². The van der Waals surface area contributed by atoms with Gasteiger partial charge in [-0.25, -0.2) is 8.42 Å². The number of rotatable bonds is 4. The molecule has 0 spiro atoms. The second-order valence-electron chi connectivity index (χ2n) is 6.54. The van der Waals surface area contributed by atoms with Crippen LogP contribution in [0.25, 0.3) is 0 Å². The van der Waals surface area contributed by atoms with Gasteiger partial charge in [0.2, 0.25) is 10.0 Å². The quantitative estimate of drug-likeness (QED) is 0.770. The van der Waals surface area contributed by atoms with Crippen LogP contribution in [0.15, 0.2) is 23.1 Å². The first kappa shape index (κ1) is 21.9. The van der Waals surface area contributed by atoms with Crippen molar-refractivity contribution in [1.29, 1.82) is 0 Å². The number of hydrogen-bond acceptors (Lipinski definition) is 6. The maximum Gasteiger partial charge on any atom is 0.253 e. The molecule has 2 saturated heterocycles. The van der Waals surface area contributed by atoms with E-state index in [9.17, 15) is 13.2 Å². The van der Waals surface area contributed by atoms with Gasteiger partial charge >= 0.3 is 0 Å². The molecule has 2 heterocycles. The Labute approximate surface area is 166 Å². The Bertz CT molecular complexity index is 768. The summed E-state index contributed by atoms with van der Waals surface area (Å²) in [6.07, 6.45) is 1.74. The van der Waals surface area contributed by atoms with Crippen molar-refractivity contribution >= 4 is 28.3 Å². The van der Waals surface area contributed by atoms with Crippen LogP contribution in [0.4, 0.5) is 0 Å². The average Bonchev–Trinajstić information content (AvgIpc) is 2.67. The van der Waals surface area contributed by atoms with E-state index in [2.05, 4.69) is 0 Å². The number of methoxy groups -OCH3 is 1. The Kier molecular flexibility index (Phi) is 7.47. The van der Waals surface area contributed by atoms with Gasteiger partial charge in [0.05, 0.1) is 20.3 Å². The summed E-state index contributed by atoms with van der Waals surface area (Å²) < 4.78 is 37.9. The van der Waals surface area contributed by atoms with E-state index in [0.29, 0.717) is 31.9 Å². The Morgan fingerprint density at radius 1 is 1.26 bits per heavy atom. The number of sulfonamides is 1. The zero-order valence-corrected chi connectivity index (χ0v) is 16.9. The molecule has 2 aliphatic rings. The zero-order chi connectivity index (χ0) is 18.7. The van der Waals surface area contributed by atoms with Gasteiger partial charge in [0, 0.05) is 37.8 Å². The third-order valence-corrected chi connectivity index (χ3v) is 6.66. The molecular formula is C17H26ClN3O5S. The van der Waals surface area contributed by atoms with E-state index >= 15 is 0 Å². The number of nitrogens with two attached hydrogens (primary N) is 1. The van der Waals surface area contributed by atoms with Crippen molar-refractivity contribution in [2.75, 3.05) is 46.5 Å². The van der Waals surface area contributed by atoms with Gasteiger partial charge in [-0.2, -0.15) is 4.31 Å². The van der Waals surface area contributed by atoms with Crippen LogP contribution in [0, 0.1) is 0 Å². The highest BCUT2D eigenvalue weighted by Gasteiger charge is 2.31. The maximum absolute atomic E-state index is 13.0. The number of benzene rings is 1. The molecule has 1 amide bonds. The highest BCUT2D eigenvalue weighted by atomic mass is 35.5. The van der Waals surface area contributed by atoms with Crippen molar-refractivity contribution < 1.29 is 22.7 Å². The van der Waals surface area contributed by atoms with Gasteiger partial charge in [-0.15, -0.1) is 12.4 Å². The number of carbonyl (C=O) groups excluding carboxylic acids is 1. The molecule has 1 aromatic carbocycles. The van der Waals surface area contributed by atoms with E-state index in [0.717, 1.165) is 12.8 Å². The van der Waals surface area contributed by atoms with Crippen molar-refractivity contribution in [3.05, 3.63) is 23.8 Å². The van der Waals surface area contributed by atoms with Gasteiger partial charge < -0.3 is 20.1 Å². The molecule has 1 unspecified atom stereocenters. The van der Waals surface area contributed by atoms with Gasteiger partial charge in [-0.3, -0.25) is 4.79 Å². The van der Waals surface area contributed by atoms with Crippen molar-refractivity contribution in [1.82, 2.24) is 9.21 Å². The van der Waals surface area contributed by atoms with Crippen LogP contribution >= 0.6 is 12.4 Å². The molecule has 152 valence electrons. The van der Waals surface area contributed by atoms with Crippen molar-refractivity contribution in [2.24, 2.45) is 5.73 Å². The number of carbonyl (C=O) groups is 1. The molecule has 8 nitrogen and oxygen atoms in total. The summed E-state index contributed by atoms with van der Waals surface area (Å²) in [5, 5.41) is 0. The fourth-order valence-electron chi connectivity index (χ4n) is 3.31. The predicted octanol–water partition coefficient (Wildman–Crippen LogP) is 0.701. The lowest BCUT2D eigenvalue weighted by molar-refractivity contribution is 0.0707. The van der Waals surface area contributed by atoms with E-state index in [1.165, 1.54) is 23.5 Å². The zero-order valence-electron chi connectivity index (χ0n) is 15.3. The third-order valence-electron chi connectivity index (χ3n) is 4.74. The van der Waals surface area contributed by atoms with Crippen LogP contribution in [0.2, 0.25) is 0 Å². The lowest BCUT2D eigenvalue weighted by Crippen LogP contribution is -2.45. The summed E-state index contributed by atoms with van der Waals surface area (Å²) in [5.74, 6) is 0.0182. The van der Waals surface area contributed by atoms with Crippen LogP contribution in [-0.4, -0.2) is 76.1 Å². The molecule has 2 fully saturated rings. The third kappa shape index (κ3) is 4.72. The fraction of sp³-hybridized carbons (Fsp3) is 0.588. The molecule has 0 radical (unpaired) electrons. The Morgan fingerprint density at radius 2 is 1.96 bits per heavy atom. The first-order valence-electron chi connectivity index (χ1n) is 8.74. The second-order valence-corrected chi connectivity index (χ2v) is 8.44. The first-order chi connectivity index (χ1) is 12.4. The normalized spacial score (nSPS) is 21.4. The molecule has 2 N–H and O–H groups in total. The number of halogens is 1. The van der Waals surface area contributed by atoms with Crippen LogP contribution in [-0.2, 0) is 14.8 Å². The minimum Gasteiger partial charge on any atom is -0.495 e. The molecular weight excluding hydrogens is 394 g/mol. The monoisotopic (exact) mass is 419 g/mol. The number of morpholine rings is 1. The SMILES string of the molecule is COc1ccc(C(=O)N2CCCC(N)C2)cc1S(=O)(=O)N1CCOCC1.Cl. The summed E-state index contributed by atoms with van der Waals surface area (Å²) in [7, 11) is -2.35. The van der Waals surface area contributed by atoms with Crippen molar-refractivity contribution in [2.45, 2.75) is 23.8 Å². The van der Waals surface area contributed by atoms with Gasteiger partial charge in [-0.1, -0.05) is 0 Å². The van der Waals surface area contributed by atoms with Crippen LogP contribution < -0.4 is 10.5 Å². The van der Waals surface area contributed by atoms with Gasteiger partial charge in [0.25, 0.3) is 5.91 Å². The molecule has 10 heteroatoms. The number of nitrogens with zero attached hydrogens (tertiary/aromatic N) is 2. The molecule has 1 aromatic rings. The van der Waals surface area contributed by atoms with E-state index in [4.69, 9.17) is 15.2 Å². The minimum atomic E-state index is -3.77. The number of piperidine rings is 1. The Morgan fingerprint density at radius 3 is 2.59 bits per heavy atom. The van der Waals surface area contributed by atoms with Crippen molar-refractivity contribution in [3.63, 3.8) is 0 Å². The maximum atomic E-state index is 13.0. The van der Waals surface area contributed by atoms with E-state index in [1.807, 2.05) is 0 Å². The highest BCUT2D eigenvalue weighted by Crippen LogP contribution is 2.29. The van der Waals surface area contributed by atoms with E-state index in [1.54, 1.807) is 11.0 Å². The lowest BCUT2D eigenvalue weighted by Gasteiger charge is -2.31. The van der Waals surface area contributed by atoms with E-state index in [-0.39, 0.29) is 48.1 Å². The molecule has 0 aromatic heterocycles. The molecule has 27 heavy (non-hydrogen) atoms. The molecule has 0 aliphatic carbocycles. The number of likely N-dealkylation sites (tertiary alicyclic amines) is 1. The topological polar surface area (TPSA) is 102 Å². The Hall–Kier alpha value is -1.39. The highest BCUT2D eigenvalue weighted by molar-refractivity contribution is 7.89. The summed E-state index contributed by atoms with van der Waals surface area (Å²) in [6.45, 7) is 2.38. The van der Waals surface area contributed by atoms with Gasteiger partial charge in [0.1, 0.15) is 10.6 Å². The number of hydrogen-bond donors (Lipinski definition) is 1. The van der Waals surface area contributed by atoms with Crippen molar-refractivity contribution in [3.8, 4) is 5.75 Å². The Balaban J connectivity index is 0.00000261. The molecule has 0 saturated carbocycles. The molecule has 3 rings (SSSR count). The number of amides is 1. The predicted molar refractivity (Wildman–Crippen MR) is 103 cm³/mol. The fourth-order valence-corrected chi connectivity index (χ4v) is 4.90. The average molecular weight is 420 g/mol. The summed E-state index contributed by atoms with van der Waals surface area (Å²) in [5.41, 5.74) is 6.28. The smallest absolute Gasteiger partial charge is 0.253 e. The number of ether oxygens (including phenoxy) is 2. The molecule has 0 bridgehead atoms. The summed E-state index contributed by atoms with van der Waals surface area (Å²) in [4.78, 5) is 14.5. The van der Waals surface area contributed by atoms with Crippen LogP contribution in [0.1, 0.15) is 23.2 Å². The second kappa shape index (κ2) is 9.20. The molecule has 1 atom stereocenters. The minimum absolute atomic E-state index is 0. The van der Waals surface area contributed by atoms with Crippen LogP contribution in [0.5, 0.6) is 5.75 Å². The largest absolute Gasteiger partial charge is 0.495 e. The van der Waals surface area contributed by atoms with E-state index < -0.39 is 10.0 Å². The lowest BCUT2D eigenvalue weighted by atomic mass is 10.1. The van der Waals surface area contributed by atoms with Gasteiger partial charge in [-0.05, 0) is 31.0 Å². The first-order valence-corrected chi connectivity index (χ1v) is 10.2. The summed E-state index contributed by atoms with van der Waals surface area (Å²) >= 11 is 0. The molecule has 2 aliphatic heterocycles. The van der Waals surface area contributed by atoms with Crippen LogP contribution in [0.3, 0.4) is 0 Å². The summed E-state index contributed by atoms with van der Waals surface area (Å²) in [6, 6.07) is 4.50. The standard InChI is InChI=1S/C17H25N3O5S.ClH/c1-24-15-5-4-13(17(21)19-6-2-3-14(18)12-19)11-16(15)26(22,23)20-7-9-25-10-8-20;/h4-5,11,14H,2-3,6-10,12,18H2,1H3;1H.